The van der Waals surface area contributed by atoms with Crippen molar-refractivity contribution in [2.45, 2.75) is 32.2 Å². The lowest BCUT2D eigenvalue weighted by molar-refractivity contribution is -0.123. The van der Waals surface area contributed by atoms with E-state index in [0.29, 0.717) is 35.9 Å². The normalized spacial score (nSPS) is 16.4. The zero-order valence-corrected chi connectivity index (χ0v) is 19.7. The van der Waals surface area contributed by atoms with Crippen LogP contribution in [-0.2, 0) is 14.8 Å². The third-order valence-corrected chi connectivity index (χ3v) is 6.53. The number of halogens is 1. The molecule has 0 unspecified atom stereocenters. The highest BCUT2D eigenvalue weighted by atomic mass is 35.5. The van der Waals surface area contributed by atoms with Crippen molar-refractivity contribution in [1.29, 1.82) is 0 Å². The molecule has 1 aliphatic rings. The Hall–Kier alpha value is -2.22. The molecule has 162 valence electrons. The fraction of sp³-hybridized carbons (Fsp3) is 0.474. The van der Waals surface area contributed by atoms with E-state index in [1.807, 2.05) is 0 Å². The van der Waals surface area contributed by atoms with Crippen LogP contribution in [-0.4, -0.2) is 67.5 Å². The van der Waals surface area contributed by atoms with Crippen molar-refractivity contribution in [3.63, 3.8) is 0 Å². The minimum atomic E-state index is -3.53. The Morgan fingerprint density at radius 2 is 2.00 bits per heavy atom. The van der Waals surface area contributed by atoms with Gasteiger partial charge >= 0.3 is 0 Å². The molecule has 1 saturated heterocycles. The number of carbonyl (C=O) groups excluding carboxylic acids is 1. The Kier molecular flexibility index (Phi) is 7.45. The molecule has 1 amide bonds. The summed E-state index contributed by atoms with van der Waals surface area (Å²) < 4.78 is 27.5. The first-order valence-corrected chi connectivity index (χ1v) is 11.6. The van der Waals surface area contributed by atoms with Crippen molar-refractivity contribution >= 4 is 62.6 Å². The number of thiocarbonyl (C=S) groups is 1. The van der Waals surface area contributed by atoms with Crippen LogP contribution >= 0.6 is 23.8 Å². The molecule has 0 spiro atoms. The number of carbonyl (C=O) groups is 1. The highest BCUT2D eigenvalue weighted by Gasteiger charge is 2.49. The first-order valence-electron chi connectivity index (χ1n) is 9.18. The van der Waals surface area contributed by atoms with Crippen molar-refractivity contribution < 1.29 is 13.2 Å². The number of sulfonamides is 1. The molecule has 1 aromatic carbocycles. The summed E-state index contributed by atoms with van der Waals surface area (Å²) in [4.78, 5) is 21.1. The average molecular weight is 470 g/mol. The van der Waals surface area contributed by atoms with Crippen molar-refractivity contribution in [2.75, 3.05) is 31.3 Å². The van der Waals surface area contributed by atoms with Crippen LogP contribution in [0.2, 0.25) is 5.02 Å². The molecule has 1 fully saturated rings. The van der Waals surface area contributed by atoms with Gasteiger partial charge in [0.2, 0.25) is 5.69 Å². The monoisotopic (exact) mass is 469 g/mol. The minimum absolute atomic E-state index is 0.0796. The van der Waals surface area contributed by atoms with Crippen molar-refractivity contribution in [3.8, 4) is 0 Å². The van der Waals surface area contributed by atoms with Crippen molar-refractivity contribution in [1.82, 2.24) is 9.80 Å². The number of unbranched alkanes of at least 4 members (excludes halogenated alkanes) is 1. The highest BCUT2D eigenvalue weighted by molar-refractivity contribution is 7.90. The molecule has 1 aromatic rings. The number of hydrogen-bond donors (Lipinski definition) is 0. The van der Waals surface area contributed by atoms with Gasteiger partial charge in [0.1, 0.15) is 11.9 Å². The van der Waals surface area contributed by atoms with Crippen molar-refractivity contribution in [3.05, 3.63) is 34.6 Å². The van der Waals surface area contributed by atoms with Gasteiger partial charge in [0, 0.05) is 25.7 Å². The van der Waals surface area contributed by atoms with Gasteiger partial charge in [-0.3, -0.25) is 9.69 Å². The molecule has 11 heteroatoms. The Labute approximate surface area is 188 Å². The summed E-state index contributed by atoms with van der Waals surface area (Å²) in [5, 5.41) is 0.572. The minimum Gasteiger partial charge on any atom is -0.368 e. The third kappa shape index (κ3) is 5.28. The summed E-state index contributed by atoms with van der Waals surface area (Å²) in [6.07, 6.45) is 2.18. The fourth-order valence-corrected chi connectivity index (χ4v) is 4.67. The predicted octanol–water partition coefficient (Wildman–Crippen LogP) is 3.30. The number of hydrogen-bond acceptors (Lipinski definition) is 4. The summed E-state index contributed by atoms with van der Waals surface area (Å²) in [5.74, 6) is -0.286. The predicted molar refractivity (Wildman–Crippen MR) is 124 cm³/mol. The molecule has 1 heterocycles. The van der Waals surface area contributed by atoms with E-state index in [1.54, 1.807) is 55.9 Å². The van der Waals surface area contributed by atoms with Gasteiger partial charge in [0.15, 0.2) is 5.11 Å². The lowest BCUT2D eigenvalue weighted by Gasteiger charge is -2.29. The van der Waals surface area contributed by atoms with E-state index in [9.17, 15) is 13.2 Å². The van der Waals surface area contributed by atoms with Gasteiger partial charge in [-0.2, -0.15) is 4.40 Å². The summed E-state index contributed by atoms with van der Waals surface area (Å²) in [7, 11) is -0.140. The molecule has 0 radical (unpaired) electrons. The van der Waals surface area contributed by atoms with Crippen LogP contribution in [0.25, 0.3) is 4.85 Å². The molecule has 0 aromatic heterocycles. The van der Waals surface area contributed by atoms with Gasteiger partial charge in [0.05, 0.1) is 18.0 Å². The first-order chi connectivity index (χ1) is 13.9. The molecule has 8 nitrogen and oxygen atoms in total. The molecule has 1 aliphatic heterocycles. The number of benzene rings is 1. The van der Waals surface area contributed by atoms with Crippen LogP contribution in [0.3, 0.4) is 0 Å². The van der Waals surface area contributed by atoms with E-state index in [-0.39, 0.29) is 16.7 Å². The van der Waals surface area contributed by atoms with E-state index < -0.39 is 15.6 Å². The molecule has 0 bridgehead atoms. The number of rotatable bonds is 8. The van der Waals surface area contributed by atoms with E-state index in [2.05, 4.69) is 9.24 Å². The zero-order valence-electron chi connectivity index (χ0n) is 17.3. The molecule has 0 N–H and O–H groups in total. The van der Waals surface area contributed by atoms with Crippen molar-refractivity contribution in [2.24, 2.45) is 4.40 Å². The van der Waals surface area contributed by atoms with Crippen LogP contribution in [0.5, 0.6) is 0 Å². The van der Waals surface area contributed by atoms with Gasteiger partial charge < -0.3 is 9.80 Å². The SMILES string of the molecule is [C-]#[N+]c1ccc(N2C(=O)C(C)(C)N(CCCCS(=O)(=O)N=CN(C)C)C2=S)cc1Cl. The zero-order chi connectivity index (χ0) is 22.7. The Morgan fingerprint density at radius 1 is 1.33 bits per heavy atom. The van der Waals surface area contributed by atoms with Gasteiger partial charge in [-0.05, 0) is 51.0 Å². The lowest BCUT2D eigenvalue weighted by atomic mass is 10.0. The molecule has 30 heavy (non-hydrogen) atoms. The van der Waals surface area contributed by atoms with Crippen LogP contribution in [0.15, 0.2) is 22.6 Å². The van der Waals surface area contributed by atoms with E-state index in [1.165, 1.54) is 11.2 Å². The van der Waals surface area contributed by atoms with Crippen LogP contribution in [0, 0.1) is 6.57 Å². The van der Waals surface area contributed by atoms with Gasteiger partial charge in [-0.15, -0.1) is 0 Å². The maximum Gasteiger partial charge on any atom is 0.258 e. The number of amides is 1. The first kappa shape index (κ1) is 24.1. The Balaban J connectivity index is 2.09. The maximum absolute atomic E-state index is 13.0. The highest BCUT2D eigenvalue weighted by Crippen LogP contribution is 2.36. The largest absolute Gasteiger partial charge is 0.368 e. The van der Waals surface area contributed by atoms with E-state index in [4.69, 9.17) is 30.4 Å². The maximum atomic E-state index is 13.0. The smallest absolute Gasteiger partial charge is 0.258 e. The Morgan fingerprint density at radius 3 is 2.57 bits per heavy atom. The summed E-state index contributed by atoms with van der Waals surface area (Å²) in [5.41, 5.74) is -0.0879. The second-order valence-corrected chi connectivity index (χ2v) is 10.1. The molecule has 0 aliphatic carbocycles. The molecular weight excluding hydrogens is 446 g/mol. The summed E-state index contributed by atoms with van der Waals surface area (Å²) in [6.45, 7) is 11.1. The average Bonchev–Trinajstić information content (AvgIpc) is 2.82. The van der Waals surface area contributed by atoms with Gasteiger partial charge in [0.25, 0.3) is 15.9 Å². The van der Waals surface area contributed by atoms with Crippen LogP contribution < -0.4 is 4.90 Å². The van der Waals surface area contributed by atoms with Gasteiger partial charge in [-0.1, -0.05) is 17.7 Å². The fourth-order valence-electron chi connectivity index (χ4n) is 2.94. The molecule has 0 atom stereocenters. The molecule has 2 rings (SSSR count). The molecular formula is C19H24ClN5O3S2. The Bertz CT molecular complexity index is 1020. The van der Waals surface area contributed by atoms with E-state index in [0.717, 1.165) is 0 Å². The van der Waals surface area contributed by atoms with E-state index >= 15 is 0 Å². The lowest BCUT2D eigenvalue weighted by Crippen LogP contribution is -2.44. The third-order valence-electron chi connectivity index (χ3n) is 4.61. The quantitative estimate of drug-likeness (QED) is 0.191. The standard InChI is InChI=1S/C19H24ClN5O3S2/c1-19(2)17(26)25(14-8-9-16(21-3)15(20)12-14)18(29)24(19)10-6-7-11-30(27,28)22-13-23(4)5/h8-9,12-13H,6-7,10-11H2,1-2,4-5H3. The van der Waals surface area contributed by atoms with Crippen LogP contribution in [0.4, 0.5) is 11.4 Å². The van der Waals surface area contributed by atoms with Crippen LogP contribution in [0.1, 0.15) is 26.7 Å². The second kappa shape index (κ2) is 9.29. The number of anilines is 1. The second-order valence-electron chi connectivity index (χ2n) is 7.56. The summed E-state index contributed by atoms with van der Waals surface area (Å²) >= 11 is 11.7. The topological polar surface area (TPSA) is 77.6 Å². The van der Waals surface area contributed by atoms with Gasteiger partial charge in [-0.25, -0.2) is 13.3 Å². The number of nitrogens with zero attached hydrogens (tertiary/aromatic N) is 5. The molecule has 0 saturated carbocycles. The summed E-state index contributed by atoms with van der Waals surface area (Å²) in [6, 6.07) is 4.74.